The third kappa shape index (κ3) is 3.17. The molecule has 2 fully saturated rings. The molecule has 1 N–H and O–H groups in total. The van der Waals surface area contributed by atoms with E-state index < -0.39 is 0 Å². The van der Waals surface area contributed by atoms with Crippen LogP contribution < -0.4 is 5.32 Å². The molecule has 21 heavy (non-hydrogen) atoms. The van der Waals surface area contributed by atoms with Crippen LogP contribution in [0, 0.1) is 5.92 Å². The summed E-state index contributed by atoms with van der Waals surface area (Å²) in [7, 11) is 0. The Hall–Kier alpha value is -0.860. The Kier molecular flexibility index (Phi) is 4.66. The van der Waals surface area contributed by atoms with Crippen molar-refractivity contribution < 1.29 is 0 Å². The van der Waals surface area contributed by atoms with E-state index in [0.29, 0.717) is 6.04 Å². The van der Waals surface area contributed by atoms with Crippen molar-refractivity contribution in [2.45, 2.75) is 64.1 Å². The molecule has 3 rings (SSSR count). The number of hydrogen-bond acceptors (Lipinski definition) is 2. The highest BCUT2D eigenvalue weighted by Gasteiger charge is 2.46. The van der Waals surface area contributed by atoms with E-state index in [9.17, 15) is 0 Å². The van der Waals surface area contributed by atoms with Crippen LogP contribution in [0.15, 0.2) is 30.3 Å². The van der Waals surface area contributed by atoms with Crippen molar-refractivity contribution >= 4 is 0 Å². The summed E-state index contributed by atoms with van der Waals surface area (Å²) >= 11 is 0. The van der Waals surface area contributed by atoms with Crippen molar-refractivity contribution in [1.82, 2.24) is 10.2 Å². The molecule has 2 heteroatoms. The van der Waals surface area contributed by atoms with Gasteiger partial charge in [-0.1, -0.05) is 57.5 Å². The second-order valence-corrected chi connectivity index (χ2v) is 6.98. The number of rotatable bonds is 5. The second-order valence-electron chi connectivity index (χ2n) is 6.98. The van der Waals surface area contributed by atoms with Crippen LogP contribution in [-0.4, -0.2) is 36.1 Å². The zero-order valence-corrected chi connectivity index (χ0v) is 13.8. The first kappa shape index (κ1) is 15.1. The Labute approximate surface area is 129 Å². The fraction of sp³-hybridized carbons (Fsp3) is 0.684. The molecular formula is C19H30N2. The van der Waals surface area contributed by atoms with Gasteiger partial charge in [0.05, 0.1) is 0 Å². The molecule has 1 aliphatic heterocycles. The lowest BCUT2D eigenvalue weighted by Gasteiger charge is -2.42. The van der Waals surface area contributed by atoms with Gasteiger partial charge in [0.2, 0.25) is 0 Å². The minimum Gasteiger partial charge on any atom is -0.311 e. The highest BCUT2D eigenvalue weighted by Crippen LogP contribution is 2.46. The number of nitrogens with one attached hydrogen (secondary N) is 1. The van der Waals surface area contributed by atoms with Gasteiger partial charge < -0.3 is 5.32 Å². The molecule has 0 amide bonds. The number of benzene rings is 1. The maximum Gasteiger partial charge on any atom is 0.0221 e. The first-order valence-corrected chi connectivity index (χ1v) is 8.78. The highest BCUT2D eigenvalue weighted by atomic mass is 15.3. The molecule has 5 atom stereocenters. The lowest BCUT2D eigenvalue weighted by molar-refractivity contribution is 0.0968. The molecule has 0 bridgehead atoms. The van der Waals surface area contributed by atoms with Crippen molar-refractivity contribution in [3.63, 3.8) is 0 Å². The summed E-state index contributed by atoms with van der Waals surface area (Å²) in [6.07, 6.45) is 3.89. The molecule has 0 radical (unpaired) electrons. The van der Waals surface area contributed by atoms with E-state index >= 15 is 0 Å². The van der Waals surface area contributed by atoms with Crippen molar-refractivity contribution in [3.8, 4) is 0 Å². The highest BCUT2D eigenvalue weighted by molar-refractivity contribution is 5.28. The van der Waals surface area contributed by atoms with E-state index in [2.05, 4.69) is 61.3 Å². The monoisotopic (exact) mass is 286 g/mol. The Balaban J connectivity index is 1.67. The van der Waals surface area contributed by atoms with Crippen molar-refractivity contribution in [3.05, 3.63) is 35.9 Å². The summed E-state index contributed by atoms with van der Waals surface area (Å²) in [4.78, 5) is 2.82. The molecule has 2 aliphatic rings. The van der Waals surface area contributed by atoms with Crippen LogP contribution in [0.2, 0.25) is 0 Å². The van der Waals surface area contributed by atoms with E-state index in [1.54, 1.807) is 0 Å². The summed E-state index contributed by atoms with van der Waals surface area (Å²) in [5.41, 5.74) is 1.54. The van der Waals surface area contributed by atoms with Gasteiger partial charge in [-0.2, -0.15) is 0 Å². The maximum atomic E-state index is 3.80. The Bertz CT molecular complexity index is 444. The van der Waals surface area contributed by atoms with Crippen LogP contribution in [-0.2, 0) is 0 Å². The molecule has 1 aliphatic carbocycles. The molecule has 2 nitrogen and oxygen atoms in total. The average Bonchev–Trinajstić information content (AvgIpc) is 3.35. The number of hydrogen-bond donors (Lipinski definition) is 1. The second kappa shape index (κ2) is 6.50. The number of piperazine rings is 1. The van der Waals surface area contributed by atoms with Gasteiger partial charge in [-0.05, 0) is 24.3 Å². The van der Waals surface area contributed by atoms with Gasteiger partial charge in [0.25, 0.3) is 0 Å². The average molecular weight is 286 g/mol. The molecule has 1 saturated heterocycles. The van der Waals surface area contributed by atoms with Crippen LogP contribution in [0.5, 0.6) is 0 Å². The van der Waals surface area contributed by atoms with E-state index in [0.717, 1.165) is 23.9 Å². The van der Waals surface area contributed by atoms with Crippen LogP contribution in [0.3, 0.4) is 0 Å². The zero-order chi connectivity index (χ0) is 14.8. The molecular weight excluding hydrogens is 256 g/mol. The van der Waals surface area contributed by atoms with Crippen LogP contribution >= 0.6 is 0 Å². The summed E-state index contributed by atoms with van der Waals surface area (Å²) in [5, 5.41) is 3.80. The largest absolute Gasteiger partial charge is 0.311 e. The van der Waals surface area contributed by atoms with Crippen molar-refractivity contribution in [2.75, 3.05) is 13.1 Å². The minimum absolute atomic E-state index is 0.676. The molecule has 5 unspecified atom stereocenters. The fourth-order valence-electron chi connectivity index (χ4n) is 3.90. The third-order valence-corrected chi connectivity index (χ3v) is 5.70. The predicted octanol–water partition coefficient (Wildman–Crippen LogP) is 3.64. The molecule has 0 spiro atoms. The molecule has 1 aromatic carbocycles. The predicted molar refractivity (Wildman–Crippen MR) is 89.6 cm³/mol. The third-order valence-electron chi connectivity index (χ3n) is 5.70. The van der Waals surface area contributed by atoms with Crippen molar-refractivity contribution in [2.24, 2.45) is 5.92 Å². The normalized spacial score (nSPS) is 34.6. The van der Waals surface area contributed by atoms with Gasteiger partial charge in [-0.15, -0.1) is 0 Å². The van der Waals surface area contributed by atoms with E-state index in [1.165, 1.54) is 37.9 Å². The van der Waals surface area contributed by atoms with E-state index in [4.69, 9.17) is 0 Å². The first-order valence-electron chi connectivity index (χ1n) is 8.78. The molecule has 116 valence electrons. The Morgan fingerprint density at radius 3 is 2.67 bits per heavy atom. The summed E-state index contributed by atoms with van der Waals surface area (Å²) in [5.74, 6) is 1.55. The molecule has 1 saturated carbocycles. The first-order chi connectivity index (χ1) is 10.2. The van der Waals surface area contributed by atoms with Crippen LogP contribution in [0.1, 0.15) is 51.5 Å². The van der Waals surface area contributed by atoms with E-state index in [1.807, 2.05) is 0 Å². The maximum absolute atomic E-state index is 3.80. The Morgan fingerprint density at radius 1 is 1.24 bits per heavy atom. The molecule has 1 aromatic rings. The quantitative estimate of drug-likeness (QED) is 0.889. The smallest absolute Gasteiger partial charge is 0.0221 e. The summed E-state index contributed by atoms with van der Waals surface area (Å²) < 4.78 is 0. The summed E-state index contributed by atoms with van der Waals surface area (Å²) in [6, 6.07) is 13.3. The lowest BCUT2D eigenvalue weighted by Crippen LogP contribution is -2.59. The zero-order valence-electron chi connectivity index (χ0n) is 13.8. The molecule has 1 heterocycles. The minimum atomic E-state index is 0.676. The van der Waals surface area contributed by atoms with E-state index in [-0.39, 0.29) is 0 Å². The van der Waals surface area contributed by atoms with Gasteiger partial charge in [-0.25, -0.2) is 0 Å². The number of nitrogens with zero attached hydrogens (tertiary/aromatic N) is 1. The van der Waals surface area contributed by atoms with Crippen LogP contribution in [0.25, 0.3) is 0 Å². The lowest BCUT2D eigenvalue weighted by atomic mass is 9.94. The standard InChI is InChI=1S/C19H30N2/c1-4-14(3)18-13-21(16(5-2)12-20-18)19-11-17(19)15-9-7-6-8-10-15/h6-10,14,16-20H,4-5,11-13H2,1-3H3. The summed E-state index contributed by atoms with van der Waals surface area (Å²) in [6.45, 7) is 9.45. The SMILES string of the molecule is CCC(C)C1CN(C2CC2c2ccccc2)C(CC)CN1. The fourth-order valence-corrected chi connectivity index (χ4v) is 3.90. The van der Waals surface area contributed by atoms with Gasteiger partial charge in [0.1, 0.15) is 0 Å². The van der Waals surface area contributed by atoms with Crippen molar-refractivity contribution in [1.29, 1.82) is 0 Å². The van der Waals surface area contributed by atoms with Gasteiger partial charge in [0.15, 0.2) is 0 Å². The topological polar surface area (TPSA) is 15.3 Å². The van der Waals surface area contributed by atoms with Gasteiger partial charge in [0, 0.05) is 37.1 Å². The molecule has 0 aromatic heterocycles. The Morgan fingerprint density at radius 2 is 2.00 bits per heavy atom. The van der Waals surface area contributed by atoms with Gasteiger partial charge in [-0.3, -0.25) is 4.90 Å². The van der Waals surface area contributed by atoms with Crippen LogP contribution in [0.4, 0.5) is 0 Å². The van der Waals surface area contributed by atoms with Gasteiger partial charge >= 0.3 is 0 Å².